The van der Waals surface area contributed by atoms with Crippen molar-refractivity contribution in [3.63, 3.8) is 0 Å². The number of hydrogen-bond acceptors (Lipinski definition) is 5. The minimum atomic E-state index is -0.0632. The van der Waals surface area contributed by atoms with Gasteiger partial charge in [0.15, 0.2) is 0 Å². The van der Waals surface area contributed by atoms with E-state index in [0.717, 1.165) is 22.9 Å². The highest BCUT2D eigenvalue weighted by Crippen LogP contribution is 2.23. The van der Waals surface area contributed by atoms with E-state index in [-0.39, 0.29) is 11.5 Å². The number of carbonyl (C=O) groups excluding carboxylic acids is 1. The monoisotopic (exact) mass is 416 g/mol. The van der Waals surface area contributed by atoms with E-state index in [1.807, 2.05) is 30.3 Å². The molecule has 0 aliphatic carbocycles. The quantitative estimate of drug-likeness (QED) is 0.451. The maximum Gasteiger partial charge on any atom is 0.258 e. The number of rotatable bonds is 6. The molecule has 4 aromatic rings. The number of nitrogens with zero attached hydrogens (tertiary/aromatic N) is 4. The van der Waals surface area contributed by atoms with Gasteiger partial charge in [0.05, 0.1) is 22.9 Å². The van der Waals surface area contributed by atoms with Crippen molar-refractivity contribution in [3.8, 4) is 11.3 Å². The molecule has 7 heteroatoms. The SMILES string of the molecule is COCCCN(C)C(=O)c1ccc2ncc(-c3ccc4c(=O)n(C)ccc4c3)nc2c1. The molecule has 0 saturated carbocycles. The van der Waals surface area contributed by atoms with Gasteiger partial charge in [-0.1, -0.05) is 6.07 Å². The average molecular weight is 416 g/mol. The number of benzene rings is 2. The Morgan fingerprint density at radius 2 is 1.97 bits per heavy atom. The molecule has 0 aliphatic heterocycles. The van der Waals surface area contributed by atoms with Crippen LogP contribution in [-0.4, -0.2) is 52.7 Å². The topological polar surface area (TPSA) is 77.3 Å². The molecule has 2 aromatic heterocycles. The van der Waals surface area contributed by atoms with Gasteiger partial charge in [0, 0.05) is 57.1 Å². The Labute approximate surface area is 179 Å². The van der Waals surface area contributed by atoms with Gasteiger partial charge in [-0.25, -0.2) is 4.98 Å². The van der Waals surface area contributed by atoms with Gasteiger partial charge in [0.2, 0.25) is 0 Å². The van der Waals surface area contributed by atoms with Crippen molar-refractivity contribution in [3.05, 3.63) is 70.8 Å². The molecule has 0 N–H and O–H groups in total. The van der Waals surface area contributed by atoms with Crippen LogP contribution in [0.3, 0.4) is 0 Å². The molecule has 0 atom stereocenters. The fourth-order valence-electron chi connectivity index (χ4n) is 3.56. The van der Waals surface area contributed by atoms with Crippen molar-refractivity contribution in [2.24, 2.45) is 7.05 Å². The van der Waals surface area contributed by atoms with Gasteiger partial charge < -0.3 is 14.2 Å². The van der Waals surface area contributed by atoms with E-state index >= 15 is 0 Å². The van der Waals surface area contributed by atoms with E-state index in [4.69, 9.17) is 9.72 Å². The average Bonchev–Trinajstić information content (AvgIpc) is 2.80. The van der Waals surface area contributed by atoms with E-state index < -0.39 is 0 Å². The van der Waals surface area contributed by atoms with Crippen LogP contribution in [0.25, 0.3) is 33.1 Å². The lowest BCUT2D eigenvalue weighted by Gasteiger charge is -2.17. The zero-order chi connectivity index (χ0) is 22.0. The summed E-state index contributed by atoms with van der Waals surface area (Å²) >= 11 is 0. The van der Waals surface area contributed by atoms with Crippen LogP contribution in [0.5, 0.6) is 0 Å². The van der Waals surface area contributed by atoms with E-state index in [1.54, 1.807) is 55.2 Å². The summed E-state index contributed by atoms with van der Waals surface area (Å²) in [6.07, 6.45) is 4.24. The molecule has 2 heterocycles. The number of amides is 1. The third kappa shape index (κ3) is 4.18. The third-order valence-corrected chi connectivity index (χ3v) is 5.35. The minimum Gasteiger partial charge on any atom is -0.385 e. The highest BCUT2D eigenvalue weighted by Gasteiger charge is 2.13. The number of fused-ring (bicyclic) bond motifs is 2. The number of hydrogen-bond donors (Lipinski definition) is 0. The van der Waals surface area contributed by atoms with E-state index in [2.05, 4.69) is 4.98 Å². The number of aryl methyl sites for hydroxylation is 1. The van der Waals surface area contributed by atoms with Crippen molar-refractivity contribution in [1.82, 2.24) is 19.4 Å². The first kappa shape index (κ1) is 20.7. The second-order valence-corrected chi connectivity index (χ2v) is 7.57. The Kier molecular flexibility index (Phi) is 5.77. The molecule has 0 fully saturated rings. The van der Waals surface area contributed by atoms with Crippen LogP contribution in [0.2, 0.25) is 0 Å². The molecule has 31 heavy (non-hydrogen) atoms. The summed E-state index contributed by atoms with van der Waals surface area (Å²) in [7, 11) is 5.17. The second-order valence-electron chi connectivity index (χ2n) is 7.57. The summed E-state index contributed by atoms with van der Waals surface area (Å²) in [4.78, 5) is 36.0. The predicted molar refractivity (Wildman–Crippen MR) is 121 cm³/mol. The predicted octanol–water partition coefficient (Wildman–Crippen LogP) is 3.26. The fraction of sp³-hybridized carbons (Fsp3) is 0.250. The molecule has 1 amide bonds. The Bertz CT molecular complexity index is 1330. The number of pyridine rings is 1. The van der Waals surface area contributed by atoms with Crippen LogP contribution in [0, 0.1) is 0 Å². The van der Waals surface area contributed by atoms with Crippen molar-refractivity contribution >= 4 is 27.7 Å². The van der Waals surface area contributed by atoms with E-state index in [9.17, 15) is 9.59 Å². The lowest BCUT2D eigenvalue weighted by atomic mass is 10.1. The van der Waals surface area contributed by atoms with Crippen molar-refractivity contribution in [1.29, 1.82) is 0 Å². The summed E-state index contributed by atoms with van der Waals surface area (Å²) in [5.74, 6) is -0.0632. The summed E-state index contributed by atoms with van der Waals surface area (Å²) in [6, 6.07) is 12.9. The summed E-state index contributed by atoms with van der Waals surface area (Å²) in [6.45, 7) is 1.23. The highest BCUT2D eigenvalue weighted by molar-refractivity contribution is 5.97. The van der Waals surface area contributed by atoms with Gasteiger partial charge in [-0.3, -0.25) is 14.6 Å². The fourth-order valence-corrected chi connectivity index (χ4v) is 3.56. The first-order chi connectivity index (χ1) is 15.0. The number of aromatic nitrogens is 3. The molecule has 0 aliphatic rings. The van der Waals surface area contributed by atoms with Crippen LogP contribution in [0.4, 0.5) is 0 Å². The van der Waals surface area contributed by atoms with Crippen LogP contribution < -0.4 is 5.56 Å². The van der Waals surface area contributed by atoms with Crippen molar-refractivity contribution < 1.29 is 9.53 Å². The third-order valence-electron chi connectivity index (χ3n) is 5.35. The van der Waals surface area contributed by atoms with Crippen molar-refractivity contribution in [2.45, 2.75) is 6.42 Å². The molecule has 0 bridgehead atoms. The van der Waals surface area contributed by atoms with Gasteiger partial charge in [0.1, 0.15) is 0 Å². The van der Waals surface area contributed by atoms with E-state index in [1.165, 1.54) is 0 Å². The first-order valence-corrected chi connectivity index (χ1v) is 10.1. The Balaban J connectivity index is 1.67. The summed E-state index contributed by atoms with van der Waals surface area (Å²) in [5, 5.41) is 1.51. The molecular weight excluding hydrogens is 392 g/mol. The number of carbonyl (C=O) groups is 1. The Hall–Kier alpha value is -3.58. The normalized spacial score (nSPS) is 11.2. The second kappa shape index (κ2) is 8.65. The van der Waals surface area contributed by atoms with Gasteiger partial charge in [0.25, 0.3) is 11.5 Å². The Morgan fingerprint density at radius 3 is 2.77 bits per heavy atom. The maximum absolute atomic E-state index is 12.7. The van der Waals surface area contributed by atoms with Gasteiger partial charge >= 0.3 is 0 Å². The molecule has 0 saturated heterocycles. The smallest absolute Gasteiger partial charge is 0.258 e. The van der Waals surface area contributed by atoms with Gasteiger partial charge in [-0.05, 0) is 48.2 Å². The lowest BCUT2D eigenvalue weighted by Crippen LogP contribution is -2.28. The molecule has 158 valence electrons. The zero-order valence-electron chi connectivity index (χ0n) is 17.8. The number of ether oxygens (including phenoxy) is 1. The van der Waals surface area contributed by atoms with Crippen molar-refractivity contribution in [2.75, 3.05) is 27.3 Å². The molecule has 0 unspecified atom stereocenters. The summed E-state index contributed by atoms with van der Waals surface area (Å²) < 4.78 is 6.61. The first-order valence-electron chi connectivity index (χ1n) is 10.1. The van der Waals surface area contributed by atoms with Crippen LogP contribution >= 0.6 is 0 Å². The largest absolute Gasteiger partial charge is 0.385 e. The molecular formula is C24H24N4O3. The van der Waals surface area contributed by atoms with Gasteiger partial charge in [-0.2, -0.15) is 0 Å². The molecule has 0 spiro atoms. The summed E-state index contributed by atoms with van der Waals surface area (Å²) in [5.41, 5.74) is 3.46. The van der Waals surface area contributed by atoms with Crippen LogP contribution in [0.15, 0.2) is 59.7 Å². The van der Waals surface area contributed by atoms with E-state index in [0.29, 0.717) is 35.3 Å². The molecule has 2 aromatic carbocycles. The van der Waals surface area contributed by atoms with Crippen LogP contribution in [0.1, 0.15) is 16.8 Å². The lowest BCUT2D eigenvalue weighted by molar-refractivity contribution is 0.0779. The van der Waals surface area contributed by atoms with Gasteiger partial charge in [-0.15, -0.1) is 0 Å². The molecule has 7 nitrogen and oxygen atoms in total. The maximum atomic E-state index is 12.7. The minimum absolute atomic E-state index is 0.0357. The highest BCUT2D eigenvalue weighted by atomic mass is 16.5. The standard InChI is InChI=1S/C24H24N4O3/c1-27(10-4-12-31-3)23(29)18-6-8-20-21(14-18)26-22(15-25-20)17-5-7-19-16(13-17)9-11-28(2)24(19)30/h5-9,11,13-15H,4,10,12H2,1-3H3. The number of methoxy groups -OCH3 is 1. The van der Waals surface area contributed by atoms with Crippen LogP contribution in [-0.2, 0) is 11.8 Å². The molecule has 0 radical (unpaired) electrons. The Morgan fingerprint density at radius 1 is 1.13 bits per heavy atom. The zero-order valence-corrected chi connectivity index (χ0v) is 17.8. The molecule has 4 rings (SSSR count).